The van der Waals surface area contributed by atoms with E-state index in [0.29, 0.717) is 47.1 Å². The van der Waals surface area contributed by atoms with Gasteiger partial charge in [-0.2, -0.15) is 0 Å². The zero-order valence-corrected chi connectivity index (χ0v) is 45.1. The number of nitrogens with one attached hydrogen (secondary N) is 2. The van der Waals surface area contributed by atoms with Crippen LogP contribution in [0.5, 0.6) is 5.75 Å². The van der Waals surface area contributed by atoms with Gasteiger partial charge in [-0.1, -0.05) is 86.0 Å². The fourth-order valence-electron chi connectivity index (χ4n) is 10.5. The average molecular weight is 1010 g/mol. The lowest BCUT2D eigenvalue weighted by atomic mass is 9.83. The summed E-state index contributed by atoms with van der Waals surface area (Å²) in [5, 5.41) is 8.61. The molecular formula is C63H71ClN5O5+. The molecule has 8 rings (SSSR count). The van der Waals surface area contributed by atoms with E-state index in [1.165, 1.54) is 33.6 Å². The van der Waals surface area contributed by atoms with Crippen LogP contribution >= 0.6 is 11.6 Å². The van der Waals surface area contributed by atoms with Crippen molar-refractivity contribution in [2.24, 2.45) is 0 Å². The highest BCUT2D eigenvalue weighted by Crippen LogP contribution is 2.48. The number of anilines is 1. The van der Waals surface area contributed by atoms with Crippen LogP contribution in [0.15, 0.2) is 131 Å². The van der Waals surface area contributed by atoms with Crippen LogP contribution in [-0.4, -0.2) is 62.1 Å². The number of carbonyl (C=O) groups excluding carboxylic acids is 3. The van der Waals surface area contributed by atoms with Gasteiger partial charge in [-0.25, -0.2) is 4.58 Å². The van der Waals surface area contributed by atoms with E-state index in [-0.39, 0.29) is 29.6 Å². The molecule has 0 bridgehead atoms. The minimum atomic E-state index is -0.214. The molecule has 0 spiro atoms. The Hall–Kier alpha value is -7.17. The molecule has 1 aromatic heterocycles. The van der Waals surface area contributed by atoms with Gasteiger partial charge in [0.2, 0.25) is 17.2 Å². The number of ether oxygens (including phenoxy) is 1. The van der Waals surface area contributed by atoms with Crippen molar-refractivity contribution in [3.63, 3.8) is 0 Å². The molecule has 384 valence electrons. The van der Waals surface area contributed by atoms with Gasteiger partial charge in [0.1, 0.15) is 30.4 Å². The Labute approximate surface area is 441 Å². The Balaban J connectivity index is 0.842. The minimum Gasteiger partial charge on any atom is -0.497 e. The Morgan fingerprint density at radius 1 is 0.797 bits per heavy atom. The van der Waals surface area contributed by atoms with Gasteiger partial charge in [0.05, 0.1) is 25.1 Å². The van der Waals surface area contributed by atoms with E-state index in [2.05, 4.69) is 147 Å². The summed E-state index contributed by atoms with van der Waals surface area (Å²) in [7, 11) is 1.59. The topological polar surface area (TPSA) is 109 Å². The van der Waals surface area contributed by atoms with Gasteiger partial charge in [0, 0.05) is 81.7 Å². The first-order valence-corrected chi connectivity index (χ1v) is 26.6. The number of aromatic nitrogens is 1. The number of allylic oxidation sites excluding steroid dienone is 3. The number of hydrogen-bond donors (Lipinski definition) is 2. The van der Waals surface area contributed by atoms with Crippen molar-refractivity contribution >= 4 is 52.0 Å². The van der Waals surface area contributed by atoms with Crippen molar-refractivity contribution in [1.82, 2.24) is 19.8 Å². The Morgan fingerprint density at radius 3 is 2.24 bits per heavy atom. The predicted molar refractivity (Wildman–Crippen MR) is 302 cm³/mol. The smallest absolute Gasteiger partial charge is 0.262 e. The van der Waals surface area contributed by atoms with Crippen molar-refractivity contribution in [1.29, 1.82) is 0 Å². The quantitative estimate of drug-likeness (QED) is 0.0582. The van der Waals surface area contributed by atoms with E-state index >= 15 is 0 Å². The molecule has 0 saturated carbocycles. The van der Waals surface area contributed by atoms with Gasteiger partial charge in [0.15, 0.2) is 0 Å². The molecule has 0 radical (unpaired) electrons. The molecule has 2 amide bonds. The standard InChI is InChI=1S/C63H70ClN5O5/c1-9-67(10-2)48-30-32-50-57(39-48)74-56(43(4)61(50)45-20-13-11-14-21-45)22-19-23-58-63(6,7)53-38-42(3)25-33-55(53)68(58)37-18-12-15-24-59(70)65-35-16-17-36-66-60(71)41-51-44(5)69(54-34-31-49(73-8)40-52(51)54)62(72)46-26-28-47(64)29-27-46/h11,13-14,19-23,25-34,38-40H,9-10,12,15-18,24,35-37,41H2,1-8H3,(H-,65,66,70,71)/p+1. The summed E-state index contributed by atoms with van der Waals surface area (Å²) in [6.07, 6.45) is 11.2. The average Bonchev–Trinajstić information content (AvgIpc) is 3.78. The molecular weight excluding hydrogens is 942 g/mol. The van der Waals surface area contributed by atoms with Gasteiger partial charge in [-0.05, 0) is 149 Å². The third kappa shape index (κ3) is 11.6. The molecule has 4 aromatic carbocycles. The molecule has 10 nitrogen and oxygen atoms in total. The van der Waals surface area contributed by atoms with E-state index in [9.17, 15) is 14.4 Å². The highest BCUT2D eigenvalue weighted by Gasteiger charge is 2.39. The molecule has 0 atom stereocenters. The molecule has 2 aliphatic heterocycles. The van der Waals surface area contributed by atoms with E-state index in [1.807, 2.05) is 25.1 Å². The molecule has 74 heavy (non-hydrogen) atoms. The van der Waals surface area contributed by atoms with Crippen LogP contribution in [0.25, 0.3) is 39.4 Å². The summed E-state index contributed by atoms with van der Waals surface area (Å²) in [6.45, 7) is 18.9. The van der Waals surface area contributed by atoms with Crippen LogP contribution in [0, 0.1) is 20.8 Å². The van der Waals surface area contributed by atoms with Crippen molar-refractivity contribution in [2.75, 3.05) is 44.7 Å². The van der Waals surface area contributed by atoms with E-state index in [1.54, 1.807) is 35.9 Å². The second kappa shape index (κ2) is 23.8. The van der Waals surface area contributed by atoms with Crippen LogP contribution in [0.2, 0.25) is 5.02 Å². The summed E-state index contributed by atoms with van der Waals surface area (Å²) in [5.41, 5.74) is 12.0. The van der Waals surface area contributed by atoms with E-state index in [0.717, 1.165) is 90.7 Å². The Morgan fingerprint density at radius 2 is 1.53 bits per heavy atom. The predicted octanol–water partition coefficient (Wildman–Crippen LogP) is 12.6. The fraction of sp³-hybridized carbons (Fsp3) is 0.333. The molecule has 2 N–H and O–H groups in total. The monoisotopic (exact) mass is 1010 g/mol. The number of hydrogen-bond acceptors (Lipinski definition) is 6. The number of fused-ring (bicyclic) bond motifs is 3. The molecule has 0 unspecified atom stereocenters. The first kappa shape index (κ1) is 53.1. The number of nitrogens with zero attached hydrogens (tertiary/aromatic N) is 3. The first-order chi connectivity index (χ1) is 35.7. The van der Waals surface area contributed by atoms with Crippen molar-refractivity contribution in [2.45, 2.75) is 98.8 Å². The maximum atomic E-state index is 13.7. The number of benzene rings is 5. The lowest BCUT2D eigenvalue weighted by Crippen LogP contribution is -2.29. The fourth-order valence-corrected chi connectivity index (χ4v) is 10.7. The molecule has 3 aliphatic rings. The minimum absolute atomic E-state index is 0.0485. The van der Waals surface area contributed by atoms with E-state index in [4.69, 9.17) is 20.8 Å². The summed E-state index contributed by atoms with van der Waals surface area (Å²) in [5.74, 6) is 2.06. The largest absolute Gasteiger partial charge is 0.497 e. The SMILES string of the molecule is CC[N+](CC)=c1ccc2c(-c3ccccc3)c(C)c(/C=C/C=C3/N(CCCCCC(=O)NCCCCNC(=O)Cc4c(C)n(C(=O)c5ccc(Cl)cc5)c5ccc(OC)cc45)c4ccc(C)cc4C3(C)C)oc-2c1. The number of unbranched alkanes of at least 4 members (excludes halogenated alkanes) is 3. The van der Waals surface area contributed by atoms with Gasteiger partial charge in [-0.15, -0.1) is 0 Å². The van der Waals surface area contributed by atoms with Crippen LogP contribution < -0.4 is 30.2 Å². The molecule has 5 aromatic rings. The lowest BCUT2D eigenvalue weighted by Gasteiger charge is -2.27. The summed E-state index contributed by atoms with van der Waals surface area (Å²) in [6, 6.07) is 36.3. The van der Waals surface area contributed by atoms with Crippen LogP contribution in [-0.2, 0) is 21.4 Å². The zero-order valence-electron chi connectivity index (χ0n) is 44.4. The Bertz CT molecular complexity index is 3260. The lowest BCUT2D eigenvalue weighted by molar-refractivity contribution is -0.121. The maximum Gasteiger partial charge on any atom is 0.262 e. The van der Waals surface area contributed by atoms with Gasteiger partial charge >= 0.3 is 0 Å². The summed E-state index contributed by atoms with van der Waals surface area (Å²) in [4.78, 5) is 42.4. The second-order valence-electron chi connectivity index (χ2n) is 19.9. The van der Waals surface area contributed by atoms with Gasteiger partial charge < -0.3 is 24.7 Å². The number of halogens is 1. The highest BCUT2D eigenvalue weighted by atomic mass is 35.5. The molecule has 0 fully saturated rings. The number of amides is 2. The van der Waals surface area contributed by atoms with Crippen molar-refractivity contribution in [3.05, 3.63) is 177 Å². The van der Waals surface area contributed by atoms with Gasteiger partial charge in [0.25, 0.3) is 5.91 Å². The van der Waals surface area contributed by atoms with Crippen LogP contribution in [0.1, 0.15) is 110 Å². The summed E-state index contributed by atoms with van der Waals surface area (Å²) < 4.78 is 16.2. The third-order valence-electron chi connectivity index (χ3n) is 14.6. The molecule has 11 heteroatoms. The third-order valence-corrected chi connectivity index (χ3v) is 14.9. The van der Waals surface area contributed by atoms with Crippen molar-refractivity contribution < 1.29 is 23.5 Å². The van der Waals surface area contributed by atoms with Crippen LogP contribution in [0.4, 0.5) is 5.69 Å². The Kier molecular flexibility index (Phi) is 17.1. The zero-order chi connectivity index (χ0) is 52.5. The molecule has 1 aliphatic carbocycles. The number of rotatable bonds is 20. The summed E-state index contributed by atoms with van der Waals surface area (Å²) >= 11 is 6.09. The van der Waals surface area contributed by atoms with Crippen molar-refractivity contribution in [3.8, 4) is 28.2 Å². The molecule has 0 saturated heterocycles. The van der Waals surface area contributed by atoms with Crippen LogP contribution in [0.3, 0.4) is 0 Å². The number of methoxy groups -OCH3 is 1. The maximum absolute atomic E-state index is 13.7. The van der Waals surface area contributed by atoms with Gasteiger partial charge in [-0.3, -0.25) is 19.0 Å². The van der Waals surface area contributed by atoms with E-state index < -0.39 is 0 Å². The second-order valence-corrected chi connectivity index (χ2v) is 20.3. The number of aryl methyl sites for hydroxylation is 1. The highest BCUT2D eigenvalue weighted by molar-refractivity contribution is 6.30. The first-order valence-electron chi connectivity index (χ1n) is 26.2. The number of carbonyl (C=O) groups is 3. The molecule has 3 heterocycles. The normalized spacial score (nSPS) is 13.5.